The van der Waals surface area contributed by atoms with Crippen molar-refractivity contribution in [3.63, 3.8) is 0 Å². The topological polar surface area (TPSA) is 0 Å². The quantitative estimate of drug-likeness (QED) is 0.584. The minimum Gasteiger partial charge on any atom is -0.0762 e. The average Bonchev–Trinajstić information content (AvgIpc) is 2.76. The maximum atomic E-state index is 2.27. The van der Waals surface area contributed by atoms with E-state index in [0.717, 1.165) is 0 Å². The van der Waals surface area contributed by atoms with E-state index in [2.05, 4.69) is 69.2 Å². The summed E-state index contributed by atoms with van der Waals surface area (Å²) < 4.78 is 0. The first-order valence-corrected chi connectivity index (χ1v) is 6.37. The van der Waals surface area contributed by atoms with E-state index in [9.17, 15) is 0 Å². The van der Waals surface area contributed by atoms with Gasteiger partial charge in [0.1, 0.15) is 0 Å². The zero-order chi connectivity index (χ0) is 11.8. The van der Waals surface area contributed by atoms with Crippen molar-refractivity contribution in [3.05, 3.63) is 81.1 Å². The van der Waals surface area contributed by atoms with Gasteiger partial charge in [-0.25, -0.2) is 0 Å². The molecule has 0 heterocycles. The van der Waals surface area contributed by atoms with Gasteiger partial charge < -0.3 is 0 Å². The normalized spacial score (nSPS) is 24.2. The molecular formula is C17H19Rh. The fourth-order valence-electron chi connectivity index (χ4n) is 1.93. The van der Waals surface area contributed by atoms with Crippen LogP contribution in [0.4, 0.5) is 0 Å². The van der Waals surface area contributed by atoms with Crippen LogP contribution in [0.3, 0.4) is 0 Å². The van der Waals surface area contributed by atoms with Crippen LogP contribution < -0.4 is 0 Å². The molecule has 0 saturated heterocycles. The molecule has 0 amide bonds. The summed E-state index contributed by atoms with van der Waals surface area (Å²) in [5.74, 6) is 2.66. The molecule has 0 nitrogen and oxygen atoms in total. The second-order valence-corrected chi connectivity index (χ2v) is 4.25. The van der Waals surface area contributed by atoms with Crippen LogP contribution in [-0.4, -0.2) is 0 Å². The van der Waals surface area contributed by atoms with Gasteiger partial charge in [-0.2, -0.15) is 0 Å². The molecule has 3 rings (SSSR count). The second kappa shape index (κ2) is 9.96. The van der Waals surface area contributed by atoms with Gasteiger partial charge >= 0.3 is 0 Å². The third-order valence-electron chi connectivity index (χ3n) is 2.88. The van der Waals surface area contributed by atoms with E-state index < -0.39 is 0 Å². The molecule has 3 aliphatic rings. The molecule has 96 valence electrons. The molecular weight excluding hydrogens is 307 g/mol. The Morgan fingerprint density at radius 2 is 1.00 bits per heavy atom. The van der Waals surface area contributed by atoms with Gasteiger partial charge in [0.25, 0.3) is 0 Å². The minimum atomic E-state index is 0. The molecule has 1 heteroatoms. The molecule has 0 N–H and O–H groups in total. The van der Waals surface area contributed by atoms with Gasteiger partial charge in [-0.1, -0.05) is 24.3 Å². The monoisotopic (exact) mass is 326 g/mol. The van der Waals surface area contributed by atoms with E-state index in [-0.39, 0.29) is 19.5 Å². The minimum absolute atomic E-state index is 0. The SMILES string of the molecule is [CH]1[CH]CC[CH][CH]CC1.[CH]1[CH][C]2C=CC=C[C]2[CH]1.[Rh]. The first-order chi connectivity index (χ1) is 8.47. The molecule has 0 aromatic heterocycles. The van der Waals surface area contributed by atoms with Crippen molar-refractivity contribution in [3.8, 4) is 0 Å². The van der Waals surface area contributed by atoms with Crippen LogP contribution in [0.25, 0.3) is 0 Å². The van der Waals surface area contributed by atoms with Crippen LogP contribution in [0.15, 0.2) is 24.3 Å². The second-order valence-electron chi connectivity index (χ2n) is 4.25. The van der Waals surface area contributed by atoms with E-state index in [0.29, 0.717) is 0 Å². The zero-order valence-electron chi connectivity index (χ0n) is 10.5. The summed E-state index contributed by atoms with van der Waals surface area (Å²) in [5, 5.41) is 0. The number of hydrogen-bond donors (Lipinski definition) is 0. The number of allylic oxidation sites excluding steroid dienone is 4. The van der Waals surface area contributed by atoms with Crippen molar-refractivity contribution in [2.75, 3.05) is 0 Å². The number of fused-ring (bicyclic) bond motifs is 1. The predicted molar refractivity (Wildman–Crippen MR) is 73.3 cm³/mol. The Morgan fingerprint density at radius 3 is 1.39 bits per heavy atom. The van der Waals surface area contributed by atoms with E-state index in [1.807, 2.05) is 0 Å². The largest absolute Gasteiger partial charge is 0.0762 e. The Morgan fingerprint density at radius 1 is 0.611 bits per heavy atom. The summed E-state index contributed by atoms with van der Waals surface area (Å²) in [4.78, 5) is 0. The van der Waals surface area contributed by atoms with Crippen molar-refractivity contribution in [2.24, 2.45) is 0 Å². The van der Waals surface area contributed by atoms with E-state index in [4.69, 9.17) is 0 Å². The number of rotatable bonds is 0. The van der Waals surface area contributed by atoms with Crippen molar-refractivity contribution >= 4 is 0 Å². The fourth-order valence-corrected chi connectivity index (χ4v) is 1.93. The van der Waals surface area contributed by atoms with E-state index in [1.165, 1.54) is 37.5 Å². The van der Waals surface area contributed by atoms with Crippen LogP contribution in [-0.2, 0) is 19.5 Å². The van der Waals surface area contributed by atoms with Crippen molar-refractivity contribution < 1.29 is 19.5 Å². The summed E-state index contributed by atoms with van der Waals surface area (Å²) in [6, 6.07) is 0. The Bertz CT molecular complexity index is 212. The molecule has 0 unspecified atom stereocenters. The van der Waals surface area contributed by atoms with E-state index in [1.54, 1.807) is 0 Å². The maximum absolute atomic E-state index is 2.27. The van der Waals surface area contributed by atoms with E-state index >= 15 is 0 Å². The molecule has 10 radical (unpaired) electrons. The summed E-state index contributed by atoms with van der Waals surface area (Å²) in [7, 11) is 0. The third-order valence-corrected chi connectivity index (χ3v) is 2.88. The van der Waals surface area contributed by atoms with Crippen LogP contribution >= 0.6 is 0 Å². The predicted octanol–water partition coefficient (Wildman–Crippen LogP) is 4.26. The molecule has 0 spiro atoms. The molecule has 18 heavy (non-hydrogen) atoms. The molecule has 0 aliphatic heterocycles. The van der Waals surface area contributed by atoms with Gasteiger partial charge in [-0.05, 0) is 70.6 Å². The van der Waals surface area contributed by atoms with Crippen LogP contribution in [0.1, 0.15) is 25.7 Å². The Kier molecular flexibility index (Phi) is 8.94. The molecule has 2 saturated carbocycles. The molecule has 3 aliphatic carbocycles. The molecule has 2 fully saturated rings. The first kappa shape index (κ1) is 16.2. The van der Waals surface area contributed by atoms with Crippen molar-refractivity contribution in [1.82, 2.24) is 0 Å². The van der Waals surface area contributed by atoms with Gasteiger partial charge in [0.15, 0.2) is 0 Å². The fraction of sp³-hybridized carbons (Fsp3) is 0.235. The summed E-state index contributed by atoms with van der Waals surface area (Å²) in [5.41, 5.74) is 0. The van der Waals surface area contributed by atoms with Gasteiger partial charge in [0.05, 0.1) is 0 Å². The standard InChI is InChI=1S/C9H7.C8H12.Rh/c1-2-5-9-7-3-6-8(9)4-1;1-2-4-6-8-7-5-3-1;/h1-7H;1-2,7-8H,3-6H2;. The molecule has 0 bridgehead atoms. The summed E-state index contributed by atoms with van der Waals surface area (Å²) in [6.07, 6.45) is 28.7. The van der Waals surface area contributed by atoms with Gasteiger partial charge in [-0.15, -0.1) is 0 Å². The average molecular weight is 326 g/mol. The first-order valence-electron chi connectivity index (χ1n) is 6.37. The molecule has 0 atom stereocenters. The van der Waals surface area contributed by atoms with Crippen LogP contribution in [0.5, 0.6) is 0 Å². The Balaban J connectivity index is 0.000000172. The van der Waals surface area contributed by atoms with Crippen LogP contribution in [0, 0.1) is 56.8 Å². The van der Waals surface area contributed by atoms with Gasteiger partial charge in [0.2, 0.25) is 0 Å². The van der Waals surface area contributed by atoms with Crippen LogP contribution in [0.2, 0.25) is 0 Å². The molecule has 0 aromatic rings. The smallest absolute Gasteiger partial charge is 0.0124 e. The Hall–Kier alpha value is 0.103. The summed E-state index contributed by atoms with van der Waals surface area (Å²) in [6.45, 7) is 0. The zero-order valence-corrected chi connectivity index (χ0v) is 12.2. The van der Waals surface area contributed by atoms with Crippen molar-refractivity contribution in [2.45, 2.75) is 25.7 Å². The number of hydrogen-bond acceptors (Lipinski definition) is 0. The Labute approximate surface area is 126 Å². The van der Waals surface area contributed by atoms with Gasteiger partial charge in [0, 0.05) is 31.3 Å². The maximum Gasteiger partial charge on any atom is 0.0124 e. The molecule has 0 aromatic carbocycles. The van der Waals surface area contributed by atoms with Crippen molar-refractivity contribution in [1.29, 1.82) is 0 Å². The van der Waals surface area contributed by atoms with Gasteiger partial charge in [-0.3, -0.25) is 0 Å². The summed E-state index contributed by atoms with van der Waals surface area (Å²) >= 11 is 0. The third kappa shape index (κ3) is 5.83.